The SMILES string of the molecule is CC/C=C\C/C=C\C/C=C\C/C=C\C/C=C\CC(=O)NCCO. The summed E-state index contributed by atoms with van der Waals surface area (Å²) < 4.78 is 0. The van der Waals surface area contributed by atoms with E-state index in [1.807, 2.05) is 12.2 Å². The standard InChI is InChI=1S/C20H31NO2/c1-2-3-4-5-6-7-8-9-10-11-12-13-14-15-16-17-20(23)21-18-19-22/h3-4,6-7,9-10,12-13,15-16,22H,2,5,8,11,14,17-19H2,1H3,(H,21,23)/b4-3-,7-6-,10-9-,13-12-,16-15-. The van der Waals surface area contributed by atoms with Crippen LogP contribution in [0.5, 0.6) is 0 Å². The van der Waals surface area contributed by atoms with Crippen LogP contribution in [0.3, 0.4) is 0 Å². The van der Waals surface area contributed by atoms with Gasteiger partial charge in [-0.2, -0.15) is 0 Å². The molecule has 0 fully saturated rings. The smallest absolute Gasteiger partial charge is 0.223 e. The normalized spacial score (nSPS) is 12.6. The maximum Gasteiger partial charge on any atom is 0.223 e. The van der Waals surface area contributed by atoms with Crippen LogP contribution in [0.4, 0.5) is 0 Å². The number of hydrogen-bond acceptors (Lipinski definition) is 2. The second kappa shape index (κ2) is 18.2. The lowest BCUT2D eigenvalue weighted by molar-refractivity contribution is -0.120. The van der Waals surface area contributed by atoms with Gasteiger partial charge in [0.05, 0.1) is 6.61 Å². The summed E-state index contributed by atoms with van der Waals surface area (Å²) in [5, 5.41) is 11.2. The van der Waals surface area contributed by atoms with Gasteiger partial charge in [-0.1, -0.05) is 67.7 Å². The lowest BCUT2D eigenvalue weighted by atomic mass is 10.2. The first-order valence-corrected chi connectivity index (χ1v) is 8.43. The second-order valence-corrected chi connectivity index (χ2v) is 4.99. The molecule has 0 atom stereocenters. The number of aliphatic hydroxyl groups excluding tert-OH is 1. The Hall–Kier alpha value is -1.87. The minimum atomic E-state index is -0.0551. The van der Waals surface area contributed by atoms with Gasteiger partial charge in [0.15, 0.2) is 0 Å². The van der Waals surface area contributed by atoms with Gasteiger partial charge in [0, 0.05) is 13.0 Å². The fourth-order valence-corrected chi connectivity index (χ4v) is 1.71. The molecule has 0 bridgehead atoms. The van der Waals surface area contributed by atoms with Crippen molar-refractivity contribution >= 4 is 5.91 Å². The summed E-state index contributed by atoms with van der Waals surface area (Å²) in [4.78, 5) is 11.2. The van der Waals surface area contributed by atoms with Crippen LogP contribution in [0, 0.1) is 0 Å². The van der Waals surface area contributed by atoms with E-state index in [9.17, 15) is 4.79 Å². The molecule has 0 radical (unpaired) electrons. The maximum atomic E-state index is 11.2. The Morgan fingerprint density at radius 2 is 1.22 bits per heavy atom. The second-order valence-electron chi connectivity index (χ2n) is 4.99. The zero-order valence-electron chi connectivity index (χ0n) is 14.3. The first kappa shape index (κ1) is 21.1. The molecule has 0 aromatic heterocycles. The lowest BCUT2D eigenvalue weighted by Gasteiger charge is -1.98. The number of carbonyl (C=O) groups is 1. The monoisotopic (exact) mass is 317 g/mol. The molecule has 0 spiro atoms. The van der Waals surface area contributed by atoms with Gasteiger partial charge in [0.2, 0.25) is 5.91 Å². The number of allylic oxidation sites excluding steroid dienone is 9. The Kier molecular flexibility index (Phi) is 16.7. The summed E-state index contributed by atoms with van der Waals surface area (Å²) in [6, 6.07) is 0. The molecule has 0 unspecified atom stereocenters. The molecule has 3 heteroatoms. The molecule has 0 aliphatic rings. The highest BCUT2D eigenvalue weighted by molar-refractivity contribution is 5.77. The van der Waals surface area contributed by atoms with Crippen molar-refractivity contribution in [2.24, 2.45) is 0 Å². The van der Waals surface area contributed by atoms with E-state index >= 15 is 0 Å². The number of carbonyl (C=O) groups excluding carboxylic acids is 1. The number of rotatable bonds is 13. The molecule has 0 aromatic rings. The first-order valence-electron chi connectivity index (χ1n) is 8.43. The van der Waals surface area contributed by atoms with Gasteiger partial charge in [-0.3, -0.25) is 4.79 Å². The van der Waals surface area contributed by atoms with Gasteiger partial charge >= 0.3 is 0 Å². The minimum absolute atomic E-state index is 0.0165. The third-order valence-electron chi connectivity index (χ3n) is 2.89. The molecule has 23 heavy (non-hydrogen) atoms. The first-order chi connectivity index (χ1) is 11.3. The van der Waals surface area contributed by atoms with Crippen molar-refractivity contribution in [3.8, 4) is 0 Å². The van der Waals surface area contributed by atoms with E-state index in [0.29, 0.717) is 13.0 Å². The predicted octanol–water partition coefficient (Wildman–Crippen LogP) is 4.24. The lowest BCUT2D eigenvalue weighted by Crippen LogP contribution is -2.25. The highest BCUT2D eigenvalue weighted by Gasteiger charge is 1.94. The summed E-state index contributed by atoms with van der Waals surface area (Å²) in [6.45, 7) is 2.45. The van der Waals surface area contributed by atoms with Crippen LogP contribution in [0.2, 0.25) is 0 Å². The average Bonchev–Trinajstić information content (AvgIpc) is 2.56. The summed E-state index contributed by atoms with van der Waals surface area (Å²) in [5.74, 6) is -0.0551. The molecule has 0 rings (SSSR count). The van der Waals surface area contributed by atoms with Gasteiger partial charge in [-0.05, 0) is 32.1 Å². The van der Waals surface area contributed by atoms with E-state index in [1.165, 1.54) is 0 Å². The van der Waals surface area contributed by atoms with Crippen molar-refractivity contribution in [1.29, 1.82) is 0 Å². The van der Waals surface area contributed by atoms with Crippen LogP contribution in [0.25, 0.3) is 0 Å². The molecule has 1 amide bonds. The molecular formula is C20H31NO2. The number of hydrogen-bond donors (Lipinski definition) is 2. The molecule has 0 aliphatic carbocycles. The molecule has 0 saturated heterocycles. The van der Waals surface area contributed by atoms with Crippen molar-refractivity contribution in [3.05, 3.63) is 60.8 Å². The molecule has 0 heterocycles. The van der Waals surface area contributed by atoms with Crippen molar-refractivity contribution in [3.63, 3.8) is 0 Å². The molecule has 0 aromatic carbocycles. The molecule has 0 aliphatic heterocycles. The zero-order chi connectivity index (χ0) is 17.0. The van der Waals surface area contributed by atoms with Gasteiger partial charge in [-0.15, -0.1) is 0 Å². The van der Waals surface area contributed by atoms with E-state index in [0.717, 1.165) is 32.1 Å². The number of aliphatic hydroxyl groups is 1. The van der Waals surface area contributed by atoms with Crippen molar-refractivity contribution < 1.29 is 9.90 Å². The summed E-state index contributed by atoms with van der Waals surface area (Å²) in [7, 11) is 0. The van der Waals surface area contributed by atoms with Crippen LogP contribution >= 0.6 is 0 Å². The highest BCUT2D eigenvalue weighted by atomic mass is 16.3. The van der Waals surface area contributed by atoms with Crippen LogP contribution < -0.4 is 5.32 Å². The molecule has 2 N–H and O–H groups in total. The van der Waals surface area contributed by atoms with Crippen molar-refractivity contribution in [2.45, 2.75) is 45.4 Å². The summed E-state index contributed by atoms with van der Waals surface area (Å²) in [6.07, 6.45) is 26.4. The quantitative estimate of drug-likeness (QED) is 0.499. The Morgan fingerprint density at radius 1 is 0.783 bits per heavy atom. The Bertz CT molecular complexity index is 417. The number of amides is 1. The largest absolute Gasteiger partial charge is 0.395 e. The van der Waals surface area contributed by atoms with Crippen LogP contribution in [0.1, 0.15) is 45.4 Å². The Balaban J connectivity index is 3.54. The molecule has 0 saturated carbocycles. The van der Waals surface area contributed by atoms with E-state index < -0.39 is 0 Å². The topological polar surface area (TPSA) is 49.3 Å². The molecule has 128 valence electrons. The Labute approximate surface area is 141 Å². The number of nitrogens with one attached hydrogen (secondary N) is 1. The zero-order valence-corrected chi connectivity index (χ0v) is 14.3. The fourth-order valence-electron chi connectivity index (χ4n) is 1.71. The minimum Gasteiger partial charge on any atom is -0.395 e. The van der Waals surface area contributed by atoms with E-state index in [1.54, 1.807) is 0 Å². The predicted molar refractivity (Wildman–Crippen MR) is 99.2 cm³/mol. The van der Waals surface area contributed by atoms with Crippen LogP contribution in [0.15, 0.2) is 60.8 Å². The maximum absolute atomic E-state index is 11.2. The summed E-state index contributed by atoms with van der Waals surface area (Å²) >= 11 is 0. The van der Waals surface area contributed by atoms with E-state index in [4.69, 9.17) is 5.11 Å². The Morgan fingerprint density at radius 3 is 1.65 bits per heavy atom. The molecular weight excluding hydrogens is 286 g/mol. The van der Waals surface area contributed by atoms with Gasteiger partial charge < -0.3 is 10.4 Å². The third-order valence-corrected chi connectivity index (χ3v) is 2.89. The van der Waals surface area contributed by atoms with Crippen molar-refractivity contribution in [1.82, 2.24) is 5.32 Å². The van der Waals surface area contributed by atoms with Gasteiger partial charge in [0.25, 0.3) is 0 Å². The third kappa shape index (κ3) is 18.1. The summed E-state index contributed by atoms with van der Waals surface area (Å²) in [5.41, 5.74) is 0. The fraction of sp³-hybridized carbons (Fsp3) is 0.450. The van der Waals surface area contributed by atoms with E-state index in [2.05, 4.69) is 60.8 Å². The van der Waals surface area contributed by atoms with E-state index in [-0.39, 0.29) is 12.5 Å². The van der Waals surface area contributed by atoms with Crippen LogP contribution in [-0.4, -0.2) is 24.2 Å². The highest BCUT2D eigenvalue weighted by Crippen LogP contribution is 1.96. The average molecular weight is 317 g/mol. The van der Waals surface area contributed by atoms with Crippen LogP contribution in [-0.2, 0) is 4.79 Å². The van der Waals surface area contributed by atoms with Gasteiger partial charge in [-0.25, -0.2) is 0 Å². The van der Waals surface area contributed by atoms with Gasteiger partial charge in [0.1, 0.15) is 0 Å². The molecule has 3 nitrogen and oxygen atoms in total. The van der Waals surface area contributed by atoms with Crippen molar-refractivity contribution in [2.75, 3.05) is 13.2 Å².